The molecule has 0 aliphatic carbocycles. The fourth-order valence-electron chi connectivity index (χ4n) is 2.19. The van der Waals surface area contributed by atoms with Crippen LogP contribution in [0.3, 0.4) is 0 Å². The molecular weight excluding hydrogens is 350 g/mol. The number of hydrogen-bond donors (Lipinski definition) is 1. The Hall–Kier alpha value is -2.80. The number of aryl methyl sites for hydroxylation is 1. The normalized spacial score (nSPS) is 11.8. The van der Waals surface area contributed by atoms with Gasteiger partial charge in [0.25, 0.3) is 5.22 Å². The first kappa shape index (κ1) is 18.0. The molecule has 1 N–H and O–H groups in total. The number of methoxy groups -OCH3 is 1. The van der Waals surface area contributed by atoms with Crippen LogP contribution in [-0.2, 0) is 4.79 Å². The summed E-state index contributed by atoms with van der Waals surface area (Å²) in [6.45, 7) is 3.80. The Bertz CT molecular complexity index is 876. The van der Waals surface area contributed by atoms with Gasteiger partial charge >= 0.3 is 0 Å². The number of nitrogens with one attached hydrogen (secondary N) is 1. The highest BCUT2D eigenvalue weighted by molar-refractivity contribution is 8.00. The van der Waals surface area contributed by atoms with Crippen LogP contribution < -0.4 is 10.1 Å². The summed E-state index contributed by atoms with van der Waals surface area (Å²) < 4.78 is 10.8. The Morgan fingerprint density at radius 3 is 2.46 bits per heavy atom. The standard InChI is InChI=1S/C19H19N3O3S/c1-12-4-8-15(9-5-12)20-17(23)13(2)26-19-22-21-18(25-19)14-6-10-16(24-3)11-7-14/h4-11,13H,1-3H3,(H,20,23)/t13-/m0/s1. The van der Waals surface area contributed by atoms with Gasteiger partial charge < -0.3 is 14.5 Å². The topological polar surface area (TPSA) is 77.2 Å². The van der Waals surface area contributed by atoms with Gasteiger partial charge in [-0.15, -0.1) is 10.2 Å². The van der Waals surface area contributed by atoms with Crippen molar-refractivity contribution >= 4 is 23.4 Å². The van der Waals surface area contributed by atoms with E-state index in [1.165, 1.54) is 11.8 Å². The van der Waals surface area contributed by atoms with Crippen molar-refractivity contribution in [3.63, 3.8) is 0 Å². The molecule has 2 aromatic carbocycles. The summed E-state index contributed by atoms with van der Waals surface area (Å²) in [4.78, 5) is 12.3. The predicted octanol–water partition coefficient (Wildman–Crippen LogP) is 4.17. The van der Waals surface area contributed by atoms with Gasteiger partial charge in [-0.25, -0.2) is 0 Å². The minimum absolute atomic E-state index is 0.122. The quantitative estimate of drug-likeness (QED) is 0.657. The second kappa shape index (κ2) is 8.05. The van der Waals surface area contributed by atoms with Crippen LogP contribution in [0, 0.1) is 6.92 Å². The van der Waals surface area contributed by atoms with Crippen LogP contribution in [0.2, 0.25) is 0 Å². The third-order valence-electron chi connectivity index (χ3n) is 3.71. The molecule has 1 aromatic heterocycles. The number of hydrogen-bond acceptors (Lipinski definition) is 6. The zero-order chi connectivity index (χ0) is 18.5. The van der Waals surface area contributed by atoms with Crippen LogP contribution in [0.25, 0.3) is 11.5 Å². The number of amides is 1. The lowest BCUT2D eigenvalue weighted by atomic mass is 10.2. The summed E-state index contributed by atoms with van der Waals surface area (Å²) >= 11 is 1.22. The highest BCUT2D eigenvalue weighted by Crippen LogP contribution is 2.27. The predicted molar refractivity (Wildman–Crippen MR) is 101 cm³/mol. The summed E-state index contributed by atoms with van der Waals surface area (Å²) in [5, 5.41) is 10.9. The van der Waals surface area contributed by atoms with Crippen molar-refractivity contribution in [2.45, 2.75) is 24.3 Å². The largest absolute Gasteiger partial charge is 0.497 e. The third kappa shape index (κ3) is 4.43. The first-order valence-corrected chi connectivity index (χ1v) is 8.95. The highest BCUT2D eigenvalue weighted by Gasteiger charge is 2.19. The molecule has 1 heterocycles. The molecule has 7 heteroatoms. The number of ether oxygens (including phenoxy) is 1. The second-order valence-corrected chi connectivity index (χ2v) is 7.01. The molecule has 0 aliphatic heterocycles. The van der Waals surface area contributed by atoms with E-state index < -0.39 is 0 Å². The fraction of sp³-hybridized carbons (Fsp3) is 0.211. The SMILES string of the molecule is COc1ccc(-c2nnc(S[C@@H](C)C(=O)Nc3ccc(C)cc3)o2)cc1. The zero-order valence-electron chi connectivity index (χ0n) is 14.7. The van der Waals surface area contributed by atoms with Crippen molar-refractivity contribution < 1.29 is 13.9 Å². The lowest BCUT2D eigenvalue weighted by Crippen LogP contribution is -2.22. The molecule has 0 bridgehead atoms. The van der Waals surface area contributed by atoms with Gasteiger partial charge in [0.1, 0.15) is 5.75 Å². The molecular formula is C19H19N3O3S. The molecule has 0 radical (unpaired) electrons. The van der Waals surface area contributed by atoms with Crippen molar-refractivity contribution in [1.82, 2.24) is 10.2 Å². The first-order chi connectivity index (χ1) is 12.5. The van der Waals surface area contributed by atoms with Gasteiger partial charge in [0.2, 0.25) is 11.8 Å². The highest BCUT2D eigenvalue weighted by atomic mass is 32.2. The Morgan fingerprint density at radius 1 is 1.12 bits per heavy atom. The van der Waals surface area contributed by atoms with E-state index in [2.05, 4.69) is 15.5 Å². The Kier molecular flexibility index (Phi) is 5.58. The zero-order valence-corrected chi connectivity index (χ0v) is 15.5. The summed E-state index contributed by atoms with van der Waals surface area (Å²) in [6.07, 6.45) is 0. The first-order valence-electron chi connectivity index (χ1n) is 8.07. The second-order valence-electron chi connectivity index (χ2n) is 5.72. The van der Waals surface area contributed by atoms with Crippen LogP contribution in [-0.4, -0.2) is 28.5 Å². The maximum Gasteiger partial charge on any atom is 0.277 e. The minimum atomic E-state index is -0.375. The van der Waals surface area contributed by atoms with E-state index in [0.29, 0.717) is 11.1 Å². The lowest BCUT2D eigenvalue weighted by molar-refractivity contribution is -0.115. The molecule has 0 fully saturated rings. The van der Waals surface area contributed by atoms with Gasteiger partial charge in [-0.2, -0.15) is 0 Å². The van der Waals surface area contributed by atoms with Gasteiger partial charge in [-0.1, -0.05) is 29.5 Å². The molecule has 0 aliphatic rings. The average molecular weight is 369 g/mol. The number of rotatable bonds is 6. The molecule has 0 saturated carbocycles. The van der Waals surface area contributed by atoms with E-state index in [4.69, 9.17) is 9.15 Å². The molecule has 3 aromatic rings. The number of carbonyl (C=O) groups excluding carboxylic acids is 1. The molecule has 0 spiro atoms. The molecule has 3 rings (SSSR count). The van der Waals surface area contributed by atoms with Crippen LogP contribution in [0.4, 0.5) is 5.69 Å². The fourth-order valence-corrected chi connectivity index (χ4v) is 2.88. The smallest absolute Gasteiger partial charge is 0.277 e. The van der Waals surface area contributed by atoms with Crippen molar-refractivity contribution in [1.29, 1.82) is 0 Å². The van der Waals surface area contributed by atoms with Crippen LogP contribution >= 0.6 is 11.8 Å². The lowest BCUT2D eigenvalue weighted by Gasteiger charge is -2.10. The number of thioether (sulfide) groups is 1. The maximum atomic E-state index is 12.3. The summed E-state index contributed by atoms with van der Waals surface area (Å²) in [6, 6.07) is 15.0. The van der Waals surface area contributed by atoms with Gasteiger partial charge in [-0.05, 0) is 50.2 Å². The molecule has 0 saturated heterocycles. The van der Waals surface area contributed by atoms with Crippen molar-refractivity contribution in [3.8, 4) is 17.2 Å². The van der Waals surface area contributed by atoms with Crippen molar-refractivity contribution in [2.75, 3.05) is 12.4 Å². The van der Waals surface area contributed by atoms with E-state index in [1.807, 2.05) is 55.5 Å². The summed E-state index contributed by atoms with van der Waals surface area (Å²) in [7, 11) is 1.61. The maximum absolute atomic E-state index is 12.3. The molecule has 6 nitrogen and oxygen atoms in total. The van der Waals surface area contributed by atoms with E-state index in [-0.39, 0.29) is 11.2 Å². The Morgan fingerprint density at radius 2 is 1.81 bits per heavy atom. The van der Waals surface area contributed by atoms with E-state index in [9.17, 15) is 4.79 Å². The van der Waals surface area contributed by atoms with E-state index >= 15 is 0 Å². The van der Waals surface area contributed by atoms with Crippen LogP contribution in [0.5, 0.6) is 5.75 Å². The number of carbonyl (C=O) groups is 1. The Labute approximate surface area is 156 Å². The minimum Gasteiger partial charge on any atom is -0.497 e. The molecule has 0 unspecified atom stereocenters. The van der Waals surface area contributed by atoms with Crippen LogP contribution in [0.15, 0.2) is 58.2 Å². The van der Waals surface area contributed by atoms with Crippen molar-refractivity contribution in [3.05, 3.63) is 54.1 Å². The van der Waals surface area contributed by atoms with Gasteiger partial charge in [0, 0.05) is 11.3 Å². The van der Waals surface area contributed by atoms with Gasteiger partial charge in [0.15, 0.2) is 0 Å². The monoisotopic (exact) mass is 369 g/mol. The van der Waals surface area contributed by atoms with Crippen molar-refractivity contribution in [2.24, 2.45) is 0 Å². The average Bonchev–Trinajstić information content (AvgIpc) is 3.12. The number of nitrogens with zero attached hydrogens (tertiary/aromatic N) is 2. The molecule has 1 atom stereocenters. The van der Waals surface area contributed by atoms with Gasteiger partial charge in [-0.3, -0.25) is 4.79 Å². The van der Waals surface area contributed by atoms with E-state index in [1.54, 1.807) is 14.0 Å². The van der Waals surface area contributed by atoms with E-state index in [0.717, 1.165) is 22.6 Å². The summed E-state index contributed by atoms with van der Waals surface area (Å²) in [5.74, 6) is 1.04. The molecule has 1 amide bonds. The molecule has 26 heavy (non-hydrogen) atoms. The summed E-state index contributed by atoms with van der Waals surface area (Å²) in [5.41, 5.74) is 2.70. The Balaban J connectivity index is 1.62. The molecule has 134 valence electrons. The van der Waals surface area contributed by atoms with Gasteiger partial charge in [0.05, 0.1) is 12.4 Å². The third-order valence-corrected chi connectivity index (χ3v) is 4.64. The number of benzene rings is 2. The number of aromatic nitrogens is 2. The number of anilines is 1. The van der Waals surface area contributed by atoms with Crippen LogP contribution in [0.1, 0.15) is 12.5 Å².